The minimum atomic E-state index is -4.67. The third-order valence-corrected chi connectivity index (χ3v) is 1.08. The van der Waals surface area contributed by atoms with Crippen LogP contribution in [0.4, 0.5) is 13.2 Å². The third kappa shape index (κ3) is 2.77. The van der Waals surface area contributed by atoms with Gasteiger partial charge in [0.2, 0.25) is 5.88 Å². The Labute approximate surface area is 67.0 Å². The van der Waals surface area contributed by atoms with Crippen LogP contribution in [0, 0.1) is 6.92 Å². The zero-order chi connectivity index (χ0) is 9.19. The fraction of sp³-hybridized carbons (Fsp3) is 0.286. The van der Waals surface area contributed by atoms with E-state index in [1.165, 1.54) is 6.07 Å². The van der Waals surface area contributed by atoms with E-state index in [-0.39, 0.29) is 0 Å². The highest BCUT2D eigenvalue weighted by molar-refractivity contribution is 5.14. The molecule has 0 radical (unpaired) electrons. The van der Waals surface area contributed by atoms with Gasteiger partial charge in [-0.3, -0.25) is 0 Å². The molecule has 0 spiro atoms. The molecule has 66 valence electrons. The van der Waals surface area contributed by atoms with Crippen molar-refractivity contribution in [3.63, 3.8) is 0 Å². The fourth-order valence-corrected chi connectivity index (χ4v) is 0.693. The van der Waals surface area contributed by atoms with Crippen LogP contribution in [0.15, 0.2) is 18.2 Å². The van der Waals surface area contributed by atoms with Crippen molar-refractivity contribution >= 4 is 0 Å². The first kappa shape index (κ1) is 8.83. The summed E-state index contributed by atoms with van der Waals surface area (Å²) in [4.78, 5) is 3.52. The first-order chi connectivity index (χ1) is 5.47. The third-order valence-electron chi connectivity index (χ3n) is 1.08. The zero-order valence-electron chi connectivity index (χ0n) is 6.22. The average molecular weight is 177 g/mol. The van der Waals surface area contributed by atoms with Crippen molar-refractivity contribution in [2.75, 3.05) is 0 Å². The molecule has 0 aliphatic rings. The predicted octanol–water partition coefficient (Wildman–Crippen LogP) is 2.29. The van der Waals surface area contributed by atoms with Gasteiger partial charge < -0.3 is 4.74 Å². The molecular formula is C7H6F3NO. The Morgan fingerprint density at radius 1 is 1.33 bits per heavy atom. The summed E-state index contributed by atoms with van der Waals surface area (Å²) in [5.74, 6) is -0.428. The largest absolute Gasteiger partial charge is 0.574 e. The molecule has 0 unspecified atom stereocenters. The molecule has 0 amide bonds. The van der Waals surface area contributed by atoms with E-state index in [1.54, 1.807) is 13.0 Å². The number of hydrogen-bond donors (Lipinski definition) is 0. The summed E-state index contributed by atoms with van der Waals surface area (Å²) >= 11 is 0. The van der Waals surface area contributed by atoms with E-state index in [4.69, 9.17) is 0 Å². The van der Waals surface area contributed by atoms with Crippen molar-refractivity contribution in [3.05, 3.63) is 23.9 Å². The van der Waals surface area contributed by atoms with E-state index in [0.29, 0.717) is 5.69 Å². The summed E-state index contributed by atoms with van der Waals surface area (Å²) < 4.78 is 38.4. The van der Waals surface area contributed by atoms with Gasteiger partial charge in [-0.05, 0) is 13.0 Å². The SMILES string of the molecule is Cc1cccc(OC(F)(F)F)n1. The summed E-state index contributed by atoms with van der Waals surface area (Å²) in [5.41, 5.74) is 0.483. The van der Waals surface area contributed by atoms with Crippen molar-refractivity contribution < 1.29 is 17.9 Å². The van der Waals surface area contributed by atoms with Gasteiger partial charge in [-0.15, -0.1) is 13.2 Å². The lowest BCUT2D eigenvalue weighted by atomic mass is 10.4. The van der Waals surface area contributed by atoms with Crippen molar-refractivity contribution in [2.24, 2.45) is 0 Å². The monoisotopic (exact) mass is 177 g/mol. The fourth-order valence-electron chi connectivity index (χ4n) is 0.693. The van der Waals surface area contributed by atoms with E-state index >= 15 is 0 Å². The molecule has 0 bridgehead atoms. The number of hydrogen-bond acceptors (Lipinski definition) is 2. The second-order valence-corrected chi connectivity index (χ2v) is 2.17. The van der Waals surface area contributed by atoms with E-state index in [1.807, 2.05) is 0 Å². The van der Waals surface area contributed by atoms with Gasteiger partial charge in [-0.1, -0.05) is 6.07 Å². The van der Waals surface area contributed by atoms with Crippen LogP contribution in [-0.4, -0.2) is 11.3 Å². The molecule has 1 rings (SSSR count). The second-order valence-electron chi connectivity index (χ2n) is 2.17. The molecular weight excluding hydrogens is 171 g/mol. The van der Waals surface area contributed by atoms with Crippen molar-refractivity contribution in [1.82, 2.24) is 4.98 Å². The molecule has 1 aromatic rings. The van der Waals surface area contributed by atoms with E-state index in [9.17, 15) is 13.2 Å². The van der Waals surface area contributed by atoms with Gasteiger partial charge in [0.1, 0.15) is 0 Å². The summed E-state index contributed by atoms with van der Waals surface area (Å²) in [5, 5.41) is 0. The van der Waals surface area contributed by atoms with Crippen molar-refractivity contribution in [2.45, 2.75) is 13.3 Å². The van der Waals surface area contributed by atoms with Crippen LogP contribution in [0.2, 0.25) is 0 Å². The number of aryl methyl sites for hydroxylation is 1. The number of nitrogens with zero attached hydrogens (tertiary/aromatic N) is 1. The minimum absolute atomic E-state index is 0.428. The smallest absolute Gasteiger partial charge is 0.388 e. The molecule has 12 heavy (non-hydrogen) atoms. The lowest BCUT2D eigenvalue weighted by Gasteiger charge is -2.07. The van der Waals surface area contributed by atoms with Gasteiger partial charge in [0.25, 0.3) is 0 Å². The van der Waals surface area contributed by atoms with Crippen LogP contribution in [0.3, 0.4) is 0 Å². The first-order valence-corrected chi connectivity index (χ1v) is 3.17. The first-order valence-electron chi connectivity index (χ1n) is 3.17. The van der Waals surface area contributed by atoms with Gasteiger partial charge in [0, 0.05) is 11.8 Å². The molecule has 5 heteroatoms. The van der Waals surface area contributed by atoms with Gasteiger partial charge in [0.15, 0.2) is 0 Å². The molecule has 0 aliphatic heterocycles. The van der Waals surface area contributed by atoms with Crippen LogP contribution in [0.5, 0.6) is 5.88 Å². The predicted molar refractivity (Wildman–Crippen MR) is 35.7 cm³/mol. The number of rotatable bonds is 1. The van der Waals surface area contributed by atoms with Gasteiger partial charge >= 0.3 is 6.36 Å². The van der Waals surface area contributed by atoms with Crippen LogP contribution >= 0.6 is 0 Å². The Bertz CT molecular complexity index is 272. The van der Waals surface area contributed by atoms with E-state index in [0.717, 1.165) is 6.07 Å². The Morgan fingerprint density at radius 2 is 2.00 bits per heavy atom. The average Bonchev–Trinajstić information content (AvgIpc) is 1.82. The standard InChI is InChI=1S/C7H6F3NO/c1-5-3-2-4-6(11-5)12-7(8,9)10/h2-4H,1H3. The number of ether oxygens (including phenoxy) is 1. The molecule has 0 saturated heterocycles. The Balaban J connectivity index is 2.77. The maximum Gasteiger partial charge on any atom is 0.574 e. The van der Waals surface area contributed by atoms with Crippen LogP contribution < -0.4 is 4.74 Å². The molecule has 0 aromatic carbocycles. The maximum atomic E-state index is 11.6. The molecule has 0 saturated carbocycles. The van der Waals surface area contributed by atoms with Crippen molar-refractivity contribution in [3.8, 4) is 5.88 Å². The van der Waals surface area contributed by atoms with Gasteiger partial charge in [0.05, 0.1) is 0 Å². The lowest BCUT2D eigenvalue weighted by Crippen LogP contribution is -2.17. The quantitative estimate of drug-likeness (QED) is 0.656. The van der Waals surface area contributed by atoms with Gasteiger partial charge in [-0.2, -0.15) is 0 Å². The molecule has 1 heterocycles. The van der Waals surface area contributed by atoms with E-state index in [2.05, 4.69) is 9.72 Å². The molecule has 0 fully saturated rings. The summed E-state index contributed by atoms with van der Waals surface area (Å²) in [6.45, 7) is 1.59. The minimum Gasteiger partial charge on any atom is -0.388 e. The van der Waals surface area contributed by atoms with Crippen LogP contribution in [0.25, 0.3) is 0 Å². The summed E-state index contributed by atoms with van der Waals surface area (Å²) in [6, 6.07) is 4.19. The zero-order valence-corrected chi connectivity index (χ0v) is 6.22. The highest BCUT2D eigenvalue weighted by Gasteiger charge is 2.31. The number of aromatic nitrogens is 1. The molecule has 0 aliphatic carbocycles. The molecule has 2 nitrogen and oxygen atoms in total. The number of alkyl halides is 3. The molecule has 0 atom stereocenters. The van der Waals surface area contributed by atoms with Crippen LogP contribution in [-0.2, 0) is 0 Å². The second kappa shape index (κ2) is 3.00. The number of halogens is 3. The van der Waals surface area contributed by atoms with Crippen molar-refractivity contribution in [1.29, 1.82) is 0 Å². The maximum absolute atomic E-state index is 11.6. The van der Waals surface area contributed by atoms with Crippen LogP contribution in [0.1, 0.15) is 5.69 Å². The lowest BCUT2D eigenvalue weighted by molar-refractivity contribution is -0.276. The van der Waals surface area contributed by atoms with E-state index < -0.39 is 12.2 Å². The highest BCUT2D eigenvalue weighted by Crippen LogP contribution is 2.20. The summed E-state index contributed by atoms with van der Waals surface area (Å²) in [6.07, 6.45) is -4.67. The van der Waals surface area contributed by atoms with Gasteiger partial charge in [-0.25, -0.2) is 4.98 Å². The normalized spacial score (nSPS) is 11.3. The number of pyridine rings is 1. The highest BCUT2D eigenvalue weighted by atomic mass is 19.4. The Morgan fingerprint density at radius 3 is 2.50 bits per heavy atom. The molecule has 0 N–H and O–H groups in total. The summed E-state index contributed by atoms with van der Waals surface area (Å²) in [7, 11) is 0. The molecule has 1 aromatic heterocycles. The Kier molecular flexibility index (Phi) is 2.21. The topological polar surface area (TPSA) is 22.1 Å². The Hall–Kier alpha value is -1.26.